The van der Waals surface area contributed by atoms with Crippen LogP contribution in [0.2, 0.25) is 0 Å². The molecule has 0 unspecified atom stereocenters. The van der Waals surface area contributed by atoms with Crippen LogP contribution >= 0.6 is 0 Å². The van der Waals surface area contributed by atoms with Crippen molar-refractivity contribution in [2.75, 3.05) is 25.5 Å². The van der Waals surface area contributed by atoms with E-state index in [-0.39, 0.29) is 30.5 Å². The van der Waals surface area contributed by atoms with Gasteiger partial charge in [0.15, 0.2) is 11.5 Å². The molecule has 4 aromatic rings. The maximum absolute atomic E-state index is 12.8. The van der Waals surface area contributed by atoms with Crippen LogP contribution in [-0.4, -0.2) is 50.4 Å². The fourth-order valence-electron chi connectivity index (χ4n) is 4.13. The number of fused-ring (bicyclic) bond motifs is 1. The summed E-state index contributed by atoms with van der Waals surface area (Å²) >= 11 is 0. The molecule has 0 aliphatic carbocycles. The Morgan fingerprint density at radius 2 is 1.87 bits per heavy atom. The molecule has 206 valence electrons. The second-order valence-electron chi connectivity index (χ2n) is 9.19. The van der Waals surface area contributed by atoms with E-state index in [2.05, 4.69) is 27.2 Å². The fourth-order valence-corrected chi connectivity index (χ4v) is 4.13. The van der Waals surface area contributed by atoms with E-state index >= 15 is 0 Å². The van der Waals surface area contributed by atoms with Crippen LogP contribution in [0.4, 0.5) is 5.82 Å². The lowest BCUT2D eigenvalue weighted by atomic mass is 10.1. The number of nitrogen functional groups attached to an aromatic ring is 1. The largest absolute Gasteiger partial charge is 0.493 e. The number of hydrogen-bond acceptors (Lipinski definition) is 8. The van der Waals surface area contributed by atoms with Gasteiger partial charge < -0.3 is 30.6 Å². The summed E-state index contributed by atoms with van der Waals surface area (Å²) in [5, 5.41) is 12.3. The van der Waals surface area contributed by atoms with Crippen molar-refractivity contribution in [3.63, 3.8) is 0 Å². The number of H-pyrrole nitrogens is 1. The molecule has 0 aliphatic rings. The van der Waals surface area contributed by atoms with Crippen molar-refractivity contribution in [3.05, 3.63) is 75.7 Å². The highest BCUT2D eigenvalue weighted by Crippen LogP contribution is 2.22. The van der Waals surface area contributed by atoms with Gasteiger partial charge in [0.05, 0.1) is 26.2 Å². The normalized spacial score (nSPS) is 11.1. The van der Waals surface area contributed by atoms with Gasteiger partial charge in [-0.15, -0.1) is 0 Å². The summed E-state index contributed by atoms with van der Waals surface area (Å²) in [4.78, 5) is 35.0. The third-order valence-electron chi connectivity index (χ3n) is 6.09. The minimum atomic E-state index is -0.842. The molecule has 2 aromatic heterocycles. The molecule has 0 saturated heterocycles. The number of anilines is 1. The van der Waals surface area contributed by atoms with Crippen molar-refractivity contribution in [2.24, 2.45) is 0 Å². The summed E-state index contributed by atoms with van der Waals surface area (Å²) in [7, 11) is 0. The summed E-state index contributed by atoms with van der Waals surface area (Å²) < 4.78 is 13.2. The third kappa shape index (κ3) is 7.57. The molecule has 11 heteroatoms. The first-order valence-corrected chi connectivity index (χ1v) is 13.0. The van der Waals surface area contributed by atoms with Crippen LogP contribution in [0.1, 0.15) is 42.9 Å². The highest BCUT2D eigenvalue weighted by atomic mass is 16.5. The van der Waals surface area contributed by atoms with Crippen molar-refractivity contribution >= 4 is 23.0 Å². The Bertz CT molecular complexity index is 1460. The van der Waals surface area contributed by atoms with E-state index in [1.165, 1.54) is 4.57 Å². The zero-order valence-electron chi connectivity index (χ0n) is 22.0. The average molecular weight is 535 g/mol. The highest BCUT2D eigenvalue weighted by Gasteiger charge is 2.16. The highest BCUT2D eigenvalue weighted by molar-refractivity contribution is 5.82. The van der Waals surface area contributed by atoms with E-state index in [1.54, 1.807) is 0 Å². The summed E-state index contributed by atoms with van der Waals surface area (Å²) in [6.07, 6.45) is 2.61. The first kappa shape index (κ1) is 27.6. The quantitative estimate of drug-likeness (QED) is 0.168. The van der Waals surface area contributed by atoms with Crippen LogP contribution < -0.4 is 26.2 Å². The molecule has 2 heterocycles. The number of hydrogen-bond donors (Lipinski definition) is 4. The fraction of sp³-hybridized carbons (Fsp3) is 0.357. The lowest BCUT2D eigenvalue weighted by Crippen LogP contribution is -2.19. The van der Waals surface area contributed by atoms with Crippen LogP contribution in [0.3, 0.4) is 0 Å². The van der Waals surface area contributed by atoms with Crippen molar-refractivity contribution < 1.29 is 19.4 Å². The Morgan fingerprint density at radius 1 is 1.08 bits per heavy atom. The van der Waals surface area contributed by atoms with Gasteiger partial charge in [0.1, 0.15) is 11.3 Å². The van der Waals surface area contributed by atoms with Crippen LogP contribution in [0.25, 0.3) is 11.2 Å². The van der Waals surface area contributed by atoms with E-state index < -0.39 is 5.97 Å². The Hall–Kier alpha value is -4.38. The smallest absolute Gasteiger partial charge is 0.328 e. The van der Waals surface area contributed by atoms with Gasteiger partial charge in [0.25, 0.3) is 0 Å². The van der Waals surface area contributed by atoms with Gasteiger partial charge in [0, 0.05) is 12.1 Å². The van der Waals surface area contributed by atoms with E-state index in [0.29, 0.717) is 36.7 Å². The SMILES string of the molecule is CCCCOc1nc(N)c2[nH]c(=O)n(Cc3ccccc3OCCCNCc3cccc(CC(=O)O)c3)c2n1. The third-order valence-corrected chi connectivity index (χ3v) is 6.09. The number of aromatic amines is 1. The number of unbranched alkanes of at least 4 members (excludes halogenated alkanes) is 1. The number of ether oxygens (including phenoxy) is 2. The number of para-hydroxylation sites is 1. The topological polar surface area (TPSA) is 157 Å². The van der Waals surface area contributed by atoms with Gasteiger partial charge in [-0.3, -0.25) is 9.36 Å². The van der Waals surface area contributed by atoms with Crippen molar-refractivity contribution in [1.82, 2.24) is 24.8 Å². The van der Waals surface area contributed by atoms with Crippen LogP contribution in [-0.2, 0) is 24.3 Å². The predicted molar refractivity (Wildman–Crippen MR) is 148 cm³/mol. The monoisotopic (exact) mass is 534 g/mol. The number of carbonyl (C=O) groups is 1. The van der Waals surface area contributed by atoms with E-state index in [4.69, 9.17) is 20.3 Å². The first-order chi connectivity index (χ1) is 18.9. The number of carboxylic acid groups (broad SMARTS) is 1. The van der Waals surface area contributed by atoms with Gasteiger partial charge in [-0.1, -0.05) is 55.8 Å². The molecule has 2 aromatic carbocycles. The van der Waals surface area contributed by atoms with Gasteiger partial charge in [-0.05, 0) is 36.6 Å². The van der Waals surface area contributed by atoms with Crippen molar-refractivity contribution in [2.45, 2.75) is 45.7 Å². The summed E-state index contributed by atoms with van der Waals surface area (Å²) in [6, 6.07) is 15.3. The molecule has 4 rings (SSSR count). The average Bonchev–Trinajstić information content (AvgIpc) is 3.22. The molecule has 0 spiro atoms. The number of nitrogens with one attached hydrogen (secondary N) is 2. The summed E-state index contributed by atoms with van der Waals surface area (Å²) in [5.41, 5.74) is 9.12. The molecule has 0 amide bonds. The molecule has 0 fully saturated rings. The molecule has 39 heavy (non-hydrogen) atoms. The molecule has 0 saturated carbocycles. The van der Waals surface area contributed by atoms with Gasteiger partial charge in [-0.25, -0.2) is 4.79 Å². The molecule has 11 nitrogen and oxygen atoms in total. The minimum absolute atomic E-state index is 0.0139. The second kappa shape index (κ2) is 13.4. The molecule has 0 radical (unpaired) electrons. The Balaban J connectivity index is 1.35. The number of imidazole rings is 1. The van der Waals surface area contributed by atoms with Crippen LogP contribution in [0.5, 0.6) is 11.8 Å². The van der Waals surface area contributed by atoms with Gasteiger partial charge in [0.2, 0.25) is 0 Å². The summed E-state index contributed by atoms with van der Waals surface area (Å²) in [5.74, 6) is 0.000232. The number of aliphatic carboxylic acids is 1. The number of carboxylic acids is 1. The molecule has 0 aliphatic heterocycles. The maximum Gasteiger partial charge on any atom is 0.328 e. The van der Waals surface area contributed by atoms with Crippen LogP contribution in [0.15, 0.2) is 53.3 Å². The Kier molecular flexibility index (Phi) is 9.52. The zero-order valence-corrected chi connectivity index (χ0v) is 22.0. The van der Waals surface area contributed by atoms with Gasteiger partial charge in [-0.2, -0.15) is 9.97 Å². The standard InChI is InChI=1S/C28H34N6O5/c1-2-3-13-39-27-32-25(29)24-26(33-27)34(28(37)31-24)18-21-10-4-5-11-22(21)38-14-7-12-30-17-20-9-6-8-19(15-20)16-23(35)36/h4-6,8-11,15,30H,2-3,7,12-14,16-18H2,1H3,(H,31,37)(H,35,36)(H2,29,32,33). The number of aromatic nitrogens is 4. The van der Waals surface area contributed by atoms with E-state index in [9.17, 15) is 9.59 Å². The van der Waals surface area contributed by atoms with Crippen molar-refractivity contribution in [1.29, 1.82) is 0 Å². The molecule has 0 bridgehead atoms. The number of rotatable bonds is 15. The minimum Gasteiger partial charge on any atom is -0.493 e. The van der Waals surface area contributed by atoms with E-state index in [0.717, 1.165) is 42.5 Å². The number of benzene rings is 2. The summed E-state index contributed by atoms with van der Waals surface area (Å²) in [6.45, 7) is 4.62. The predicted octanol–water partition coefficient (Wildman–Crippen LogP) is 3.11. The molecular formula is C28H34N6O5. The molecule has 0 atom stereocenters. The Morgan fingerprint density at radius 3 is 2.69 bits per heavy atom. The number of nitrogens with zero attached hydrogens (tertiary/aromatic N) is 3. The Labute approximate surface area is 226 Å². The van der Waals surface area contributed by atoms with Gasteiger partial charge >= 0.3 is 17.7 Å². The van der Waals surface area contributed by atoms with Crippen LogP contribution in [0, 0.1) is 0 Å². The maximum atomic E-state index is 12.8. The van der Waals surface area contributed by atoms with E-state index in [1.807, 2.05) is 48.5 Å². The lowest BCUT2D eigenvalue weighted by Gasteiger charge is -2.13. The first-order valence-electron chi connectivity index (χ1n) is 13.0. The molecular weight excluding hydrogens is 500 g/mol. The van der Waals surface area contributed by atoms with Crippen molar-refractivity contribution in [3.8, 4) is 11.8 Å². The second-order valence-corrected chi connectivity index (χ2v) is 9.19. The number of nitrogens with two attached hydrogens (primary N) is 1. The zero-order chi connectivity index (χ0) is 27.6. The molecule has 5 N–H and O–H groups in total. The lowest BCUT2D eigenvalue weighted by molar-refractivity contribution is -0.136.